The van der Waals surface area contributed by atoms with Crippen LogP contribution in [0.2, 0.25) is 5.02 Å². The first-order valence-electron chi connectivity index (χ1n) is 12.1. The number of amides is 2. The van der Waals surface area contributed by atoms with Gasteiger partial charge in [0.05, 0.1) is 23.4 Å². The van der Waals surface area contributed by atoms with Crippen molar-refractivity contribution in [2.24, 2.45) is 0 Å². The maximum Gasteiger partial charge on any atom is 0.343 e. The van der Waals surface area contributed by atoms with Crippen LogP contribution >= 0.6 is 23.2 Å². The molecular formula is C29H24Cl2N2O6. The number of unbranched alkanes of at least 4 members (excludes halogenated alkanes) is 1. The summed E-state index contributed by atoms with van der Waals surface area (Å²) in [6.45, 7) is 4.09. The maximum absolute atomic E-state index is 13.1. The van der Waals surface area contributed by atoms with Gasteiger partial charge in [-0.3, -0.25) is 9.59 Å². The first-order chi connectivity index (χ1) is 18.7. The van der Waals surface area contributed by atoms with Crippen LogP contribution in [0.5, 0.6) is 5.75 Å². The third-order valence-corrected chi connectivity index (χ3v) is 6.43. The molecule has 10 heteroatoms. The lowest BCUT2D eigenvalue weighted by Crippen LogP contribution is -2.32. The molecule has 0 unspecified atom stereocenters. The Kier molecular flexibility index (Phi) is 8.69. The summed E-state index contributed by atoms with van der Waals surface area (Å²) in [5, 5.41) is 3.10. The van der Waals surface area contributed by atoms with Crippen LogP contribution in [0, 0.1) is 6.92 Å². The van der Waals surface area contributed by atoms with E-state index in [0.29, 0.717) is 34.2 Å². The van der Waals surface area contributed by atoms with Gasteiger partial charge < -0.3 is 14.8 Å². The van der Waals surface area contributed by atoms with Crippen LogP contribution in [0.1, 0.15) is 46.0 Å². The second kappa shape index (κ2) is 12.1. The number of benzene rings is 3. The highest BCUT2D eigenvalue weighted by molar-refractivity contribution is 6.53. The van der Waals surface area contributed by atoms with Gasteiger partial charge >= 0.3 is 11.9 Å². The molecule has 39 heavy (non-hydrogen) atoms. The minimum absolute atomic E-state index is 0.114. The van der Waals surface area contributed by atoms with Gasteiger partial charge in [0, 0.05) is 10.7 Å². The number of hydrogen-bond donors (Lipinski definition) is 1. The number of imide groups is 1. The maximum atomic E-state index is 13.1. The molecule has 3 aromatic rings. The lowest BCUT2D eigenvalue weighted by Gasteiger charge is -2.15. The second-order valence-corrected chi connectivity index (χ2v) is 9.49. The lowest BCUT2D eigenvalue weighted by atomic mass is 10.2. The molecule has 3 aromatic carbocycles. The quantitative estimate of drug-likeness (QED) is 0.141. The molecule has 8 nitrogen and oxygen atoms in total. The summed E-state index contributed by atoms with van der Waals surface area (Å²) in [6.07, 6.45) is 1.66. The highest BCUT2D eigenvalue weighted by atomic mass is 35.5. The van der Waals surface area contributed by atoms with Crippen molar-refractivity contribution in [2.45, 2.75) is 26.7 Å². The van der Waals surface area contributed by atoms with Gasteiger partial charge in [-0.15, -0.1) is 0 Å². The van der Waals surface area contributed by atoms with Crippen molar-refractivity contribution in [2.75, 3.05) is 16.8 Å². The molecule has 1 aliphatic rings. The van der Waals surface area contributed by atoms with Gasteiger partial charge in [-0.1, -0.05) is 36.5 Å². The number of ether oxygens (including phenoxy) is 2. The number of esters is 2. The summed E-state index contributed by atoms with van der Waals surface area (Å²) in [5.74, 6) is -2.03. The Morgan fingerprint density at radius 3 is 2.15 bits per heavy atom. The van der Waals surface area contributed by atoms with Crippen LogP contribution in [0.3, 0.4) is 0 Å². The van der Waals surface area contributed by atoms with Crippen molar-refractivity contribution < 1.29 is 28.7 Å². The molecule has 1 heterocycles. The van der Waals surface area contributed by atoms with E-state index >= 15 is 0 Å². The number of halogens is 2. The van der Waals surface area contributed by atoms with Gasteiger partial charge in [0.1, 0.15) is 16.5 Å². The van der Waals surface area contributed by atoms with E-state index in [1.54, 1.807) is 37.3 Å². The first kappa shape index (κ1) is 27.9. The molecule has 1 N–H and O–H groups in total. The average Bonchev–Trinajstić information content (AvgIpc) is 3.13. The molecular weight excluding hydrogens is 543 g/mol. The molecule has 0 saturated carbocycles. The molecule has 0 spiro atoms. The Balaban J connectivity index is 1.42. The number of carbonyl (C=O) groups is 4. The van der Waals surface area contributed by atoms with E-state index in [4.69, 9.17) is 32.7 Å². The molecule has 0 atom stereocenters. The van der Waals surface area contributed by atoms with Crippen LogP contribution in [0.4, 0.5) is 11.4 Å². The SMILES string of the molecule is CCCCOC(=O)c1ccc(N2C(=O)C(Cl)=C(Nc3ccc(C(=O)Oc4ccc(Cl)cc4C)cc3)C2=O)cc1. The standard InChI is InChI=1S/C29H24Cl2N2O6/c1-3-4-15-38-28(36)18-7-12-22(13-8-18)33-26(34)24(31)25(27(33)35)32-21-10-5-19(6-11-21)29(37)39-23-14-9-20(30)16-17(23)2/h5-14,16,32H,3-4,15H2,1-2H3. The van der Waals surface area contributed by atoms with Gasteiger partial charge in [0.2, 0.25) is 0 Å². The summed E-state index contributed by atoms with van der Waals surface area (Å²) in [4.78, 5) is 51.5. The third-order valence-electron chi connectivity index (χ3n) is 5.85. The Morgan fingerprint density at radius 1 is 0.872 bits per heavy atom. The summed E-state index contributed by atoms with van der Waals surface area (Å²) >= 11 is 12.2. The largest absolute Gasteiger partial charge is 0.462 e. The number of rotatable bonds is 9. The van der Waals surface area contributed by atoms with E-state index in [1.807, 2.05) is 6.92 Å². The third kappa shape index (κ3) is 6.30. The Bertz CT molecular complexity index is 1470. The monoisotopic (exact) mass is 566 g/mol. The van der Waals surface area contributed by atoms with E-state index in [-0.39, 0.29) is 22.0 Å². The normalized spacial score (nSPS) is 13.1. The topological polar surface area (TPSA) is 102 Å². The smallest absolute Gasteiger partial charge is 0.343 e. The Labute approximate surface area is 235 Å². The zero-order chi connectivity index (χ0) is 28.1. The van der Waals surface area contributed by atoms with E-state index in [2.05, 4.69) is 5.32 Å². The van der Waals surface area contributed by atoms with E-state index in [9.17, 15) is 19.2 Å². The molecule has 0 aliphatic carbocycles. The number of hydrogen-bond acceptors (Lipinski definition) is 7. The highest BCUT2D eigenvalue weighted by Crippen LogP contribution is 2.30. The van der Waals surface area contributed by atoms with Crippen LogP contribution in [-0.2, 0) is 14.3 Å². The van der Waals surface area contributed by atoms with Crippen molar-refractivity contribution in [1.82, 2.24) is 0 Å². The molecule has 0 radical (unpaired) electrons. The van der Waals surface area contributed by atoms with Crippen LogP contribution in [-0.4, -0.2) is 30.4 Å². The molecule has 1 aliphatic heterocycles. The molecule has 0 fully saturated rings. The molecule has 0 aromatic heterocycles. The fourth-order valence-electron chi connectivity index (χ4n) is 3.71. The second-order valence-electron chi connectivity index (χ2n) is 8.67. The zero-order valence-corrected chi connectivity index (χ0v) is 22.6. The predicted octanol–water partition coefficient (Wildman–Crippen LogP) is 6.26. The number of anilines is 2. The van der Waals surface area contributed by atoms with E-state index in [0.717, 1.165) is 17.7 Å². The predicted molar refractivity (Wildman–Crippen MR) is 148 cm³/mol. The first-order valence-corrected chi connectivity index (χ1v) is 12.9. The molecule has 2 amide bonds. The number of nitrogens with one attached hydrogen (secondary N) is 1. The van der Waals surface area contributed by atoms with Crippen molar-refractivity contribution in [3.05, 3.63) is 99.2 Å². The van der Waals surface area contributed by atoms with Crippen molar-refractivity contribution in [3.63, 3.8) is 0 Å². The van der Waals surface area contributed by atoms with Crippen LogP contribution in [0.25, 0.3) is 0 Å². The average molecular weight is 567 g/mol. The van der Waals surface area contributed by atoms with Gasteiger partial charge in [-0.05, 0) is 85.6 Å². The zero-order valence-electron chi connectivity index (χ0n) is 21.1. The van der Waals surface area contributed by atoms with Crippen molar-refractivity contribution in [1.29, 1.82) is 0 Å². The Morgan fingerprint density at radius 2 is 1.51 bits per heavy atom. The summed E-state index contributed by atoms with van der Waals surface area (Å²) in [5.41, 5.74) is 1.86. The molecule has 4 rings (SSSR count). The molecule has 0 saturated heterocycles. The summed E-state index contributed by atoms with van der Waals surface area (Å²) < 4.78 is 10.6. The molecule has 200 valence electrons. The minimum atomic E-state index is -0.707. The number of nitrogens with zero attached hydrogens (tertiary/aromatic N) is 1. The van der Waals surface area contributed by atoms with Crippen molar-refractivity contribution >= 4 is 58.3 Å². The van der Waals surface area contributed by atoms with Crippen LogP contribution < -0.4 is 15.0 Å². The van der Waals surface area contributed by atoms with Gasteiger partial charge in [-0.2, -0.15) is 0 Å². The fraction of sp³-hybridized carbons (Fsp3) is 0.172. The number of carbonyl (C=O) groups excluding carboxylic acids is 4. The Hall–Kier alpha value is -4.14. The van der Waals surface area contributed by atoms with Gasteiger partial charge in [0.25, 0.3) is 11.8 Å². The lowest BCUT2D eigenvalue weighted by molar-refractivity contribution is -0.120. The van der Waals surface area contributed by atoms with E-state index < -0.39 is 23.8 Å². The fourth-order valence-corrected chi connectivity index (χ4v) is 4.14. The highest BCUT2D eigenvalue weighted by Gasteiger charge is 2.39. The van der Waals surface area contributed by atoms with Crippen LogP contribution in [0.15, 0.2) is 77.5 Å². The summed E-state index contributed by atoms with van der Waals surface area (Å²) in [6, 6.07) is 17.0. The number of aryl methyl sites for hydroxylation is 1. The minimum Gasteiger partial charge on any atom is -0.462 e. The van der Waals surface area contributed by atoms with Gasteiger partial charge in [-0.25, -0.2) is 14.5 Å². The summed E-state index contributed by atoms with van der Waals surface area (Å²) in [7, 11) is 0. The van der Waals surface area contributed by atoms with Crippen molar-refractivity contribution in [3.8, 4) is 5.75 Å². The molecule has 0 bridgehead atoms. The van der Waals surface area contributed by atoms with E-state index in [1.165, 1.54) is 36.4 Å². The van der Waals surface area contributed by atoms with Gasteiger partial charge in [0.15, 0.2) is 0 Å².